The summed E-state index contributed by atoms with van der Waals surface area (Å²) in [5.74, 6) is -0.592. The third-order valence-electron chi connectivity index (χ3n) is 4.19. The van der Waals surface area contributed by atoms with Crippen LogP contribution in [-0.2, 0) is 11.2 Å². The van der Waals surface area contributed by atoms with E-state index in [2.05, 4.69) is 19.7 Å². The van der Waals surface area contributed by atoms with Crippen molar-refractivity contribution in [2.24, 2.45) is 0 Å². The van der Waals surface area contributed by atoms with E-state index in [0.717, 1.165) is 21.5 Å². The highest BCUT2D eigenvalue weighted by Crippen LogP contribution is 2.21. The van der Waals surface area contributed by atoms with Gasteiger partial charge in [-0.3, -0.25) is 9.78 Å². The van der Waals surface area contributed by atoms with Gasteiger partial charge in [-0.15, -0.1) is 11.3 Å². The van der Waals surface area contributed by atoms with Gasteiger partial charge in [0.15, 0.2) is 5.69 Å². The molecule has 1 N–H and O–H groups in total. The average Bonchev–Trinajstić information content (AvgIpc) is 3.34. The van der Waals surface area contributed by atoms with Crippen molar-refractivity contribution in [3.05, 3.63) is 81.7 Å². The molecule has 1 aromatic carbocycles. The molecule has 134 valence electrons. The first-order chi connectivity index (χ1) is 13.2. The van der Waals surface area contributed by atoms with Gasteiger partial charge in [-0.1, -0.05) is 18.2 Å². The number of carbonyl (C=O) groups excluding carboxylic acids is 2. The molecule has 7 heteroatoms. The number of H-pyrrole nitrogens is 1. The van der Waals surface area contributed by atoms with E-state index in [-0.39, 0.29) is 5.78 Å². The van der Waals surface area contributed by atoms with Crippen molar-refractivity contribution in [3.63, 3.8) is 0 Å². The van der Waals surface area contributed by atoms with Gasteiger partial charge < -0.3 is 9.72 Å². The number of para-hydroxylation sites is 1. The van der Waals surface area contributed by atoms with Crippen LogP contribution in [0.25, 0.3) is 10.9 Å². The lowest BCUT2D eigenvalue weighted by Gasteiger charge is -2.03. The summed E-state index contributed by atoms with van der Waals surface area (Å²) in [4.78, 5) is 36.0. The number of aromatic nitrogens is 3. The van der Waals surface area contributed by atoms with E-state index >= 15 is 0 Å². The summed E-state index contributed by atoms with van der Waals surface area (Å²) in [6.07, 6.45) is 3.84. The van der Waals surface area contributed by atoms with Gasteiger partial charge in [-0.25, -0.2) is 9.78 Å². The molecule has 0 saturated heterocycles. The summed E-state index contributed by atoms with van der Waals surface area (Å²) in [5.41, 5.74) is 3.08. The lowest BCUT2D eigenvalue weighted by molar-refractivity contribution is 0.0594. The van der Waals surface area contributed by atoms with Crippen molar-refractivity contribution >= 4 is 34.0 Å². The smallest absolute Gasteiger partial charge is 0.357 e. The molecular weight excluding hydrogens is 362 g/mol. The highest BCUT2D eigenvalue weighted by molar-refractivity contribution is 7.09. The molecule has 3 heterocycles. The van der Waals surface area contributed by atoms with Crippen molar-refractivity contribution in [2.45, 2.75) is 6.42 Å². The Morgan fingerprint density at radius 2 is 2.04 bits per heavy atom. The number of carbonyl (C=O) groups is 2. The number of nitrogens with zero attached hydrogens (tertiary/aromatic N) is 2. The lowest BCUT2D eigenvalue weighted by atomic mass is 10.0. The number of rotatable bonds is 5. The fourth-order valence-corrected chi connectivity index (χ4v) is 3.67. The number of thiazole rings is 1. The van der Waals surface area contributed by atoms with Gasteiger partial charge in [0, 0.05) is 40.7 Å². The molecule has 0 bridgehead atoms. The van der Waals surface area contributed by atoms with Crippen LogP contribution in [0.5, 0.6) is 0 Å². The second-order valence-electron chi connectivity index (χ2n) is 5.92. The predicted molar refractivity (Wildman–Crippen MR) is 102 cm³/mol. The molecule has 0 aliphatic carbocycles. The number of methoxy groups -OCH3 is 1. The Morgan fingerprint density at radius 3 is 2.89 bits per heavy atom. The number of benzene rings is 1. The van der Waals surface area contributed by atoms with Crippen LogP contribution in [0, 0.1) is 0 Å². The van der Waals surface area contributed by atoms with Gasteiger partial charge in [0.05, 0.1) is 12.1 Å². The first kappa shape index (κ1) is 17.1. The molecule has 0 aliphatic heterocycles. The molecule has 4 rings (SSSR count). The Kier molecular flexibility index (Phi) is 4.52. The maximum Gasteiger partial charge on any atom is 0.357 e. The van der Waals surface area contributed by atoms with Gasteiger partial charge in [0.1, 0.15) is 5.69 Å². The largest absolute Gasteiger partial charge is 0.464 e. The van der Waals surface area contributed by atoms with E-state index in [9.17, 15) is 9.59 Å². The number of hydrogen-bond acceptors (Lipinski definition) is 6. The van der Waals surface area contributed by atoms with Gasteiger partial charge >= 0.3 is 5.97 Å². The Morgan fingerprint density at radius 1 is 1.19 bits per heavy atom. The molecule has 0 spiro atoms. The van der Waals surface area contributed by atoms with E-state index in [1.807, 2.05) is 30.3 Å². The molecule has 0 aliphatic rings. The molecule has 4 aromatic rings. The Hall–Kier alpha value is -3.32. The van der Waals surface area contributed by atoms with Crippen molar-refractivity contribution in [1.29, 1.82) is 0 Å². The van der Waals surface area contributed by atoms with Gasteiger partial charge in [-0.05, 0) is 23.8 Å². The monoisotopic (exact) mass is 377 g/mol. The number of pyridine rings is 1. The highest BCUT2D eigenvalue weighted by atomic mass is 32.1. The Balaban J connectivity index is 1.60. The minimum absolute atomic E-state index is 0.135. The number of aromatic amines is 1. The van der Waals surface area contributed by atoms with E-state index < -0.39 is 5.97 Å². The fourth-order valence-electron chi connectivity index (χ4n) is 2.87. The number of nitrogens with one attached hydrogen (secondary N) is 1. The van der Waals surface area contributed by atoms with Crippen LogP contribution in [0.15, 0.2) is 54.2 Å². The minimum atomic E-state index is -0.456. The van der Waals surface area contributed by atoms with Crippen LogP contribution in [0.3, 0.4) is 0 Å². The Labute approximate surface area is 158 Å². The summed E-state index contributed by atoms with van der Waals surface area (Å²) in [6.45, 7) is 0. The molecule has 0 saturated carbocycles. The molecule has 0 amide bonds. The number of fused-ring (bicyclic) bond motifs is 1. The topological polar surface area (TPSA) is 84.9 Å². The molecule has 0 radical (unpaired) electrons. The standard InChI is InChI=1S/C20H15N3O3S/c1-26-20(25)17-11-27-18(23-17)9-12-6-7-21-16(8-12)19(24)14-10-22-15-5-3-2-4-13(14)15/h2-8,10-11,22H,9H2,1H3. The number of ketones is 1. The van der Waals surface area contributed by atoms with Crippen molar-refractivity contribution in [3.8, 4) is 0 Å². The van der Waals surface area contributed by atoms with Crippen LogP contribution in [0.4, 0.5) is 0 Å². The van der Waals surface area contributed by atoms with E-state index in [4.69, 9.17) is 0 Å². The summed E-state index contributed by atoms with van der Waals surface area (Å²) in [5, 5.41) is 3.31. The third-order valence-corrected chi connectivity index (χ3v) is 5.04. The maximum atomic E-state index is 12.9. The minimum Gasteiger partial charge on any atom is -0.464 e. The maximum absolute atomic E-state index is 12.9. The summed E-state index contributed by atoms with van der Waals surface area (Å²) < 4.78 is 4.67. The zero-order valence-electron chi connectivity index (χ0n) is 14.4. The SMILES string of the molecule is COC(=O)c1csc(Cc2ccnc(C(=O)c3c[nH]c4ccccc34)c2)n1. The number of esters is 1. The van der Waals surface area contributed by atoms with Crippen LogP contribution < -0.4 is 0 Å². The van der Waals surface area contributed by atoms with E-state index in [0.29, 0.717) is 23.4 Å². The number of ether oxygens (including phenoxy) is 1. The quantitative estimate of drug-likeness (QED) is 0.424. The predicted octanol–water partition coefficient (Wildman–Crippen LogP) is 3.63. The first-order valence-corrected chi connectivity index (χ1v) is 9.12. The second kappa shape index (κ2) is 7.13. The van der Waals surface area contributed by atoms with Gasteiger partial charge in [0.2, 0.25) is 5.78 Å². The molecule has 0 fully saturated rings. The van der Waals surface area contributed by atoms with Crippen LogP contribution in [0.2, 0.25) is 0 Å². The van der Waals surface area contributed by atoms with E-state index in [1.165, 1.54) is 18.4 Å². The number of hydrogen-bond donors (Lipinski definition) is 1. The molecule has 0 unspecified atom stereocenters. The third kappa shape index (κ3) is 3.37. The van der Waals surface area contributed by atoms with Gasteiger partial charge in [-0.2, -0.15) is 0 Å². The second-order valence-corrected chi connectivity index (χ2v) is 6.86. The molecule has 0 atom stereocenters. The van der Waals surface area contributed by atoms with Crippen LogP contribution in [0.1, 0.15) is 37.1 Å². The molecular formula is C20H15N3O3S. The zero-order valence-corrected chi connectivity index (χ0v) is 15.2. The Bertz CT molecular complexity index is 1150. The average molecular weight is 377 g/mol. The first-order valence-electron chi connectivity index (χ1n) is 8.24. The zero-order chi connectivity index (χ0) is 18.8. The fraction of sp³-hybridized carbons (Fsp3) is 0.100. The molecule has 6 nitrogen and oxygen atoms in total. The normalized spacial score (nSPS) is 10.9. The van der Waals surface area contributed by atoms with Crippen LogP contribution in [-0.4, -0.2) is 33.8 Å². The lowest BCUT2D eigenvalue weighted by Crippen LogP contribution is -2.05. The van der Waals surface area contributed by atoms with E-state index in [1.54, 1.807) is 23.8 Å². The van der Waals surface area contributed by atoms with Crippen molar-refractivity contribution in [2.75, 3.05) is 7.11 Å². The molecule has 3 aromatic heterocycles. The van der Waals surface area contributed by atoms with Crippen LogP contribution >= 0.6 is 11.3 Å². The van der Waals surface area contributed by atoms with Crippen molar-refractivity contribution in [1.82, 2.24) is 15.0 Å². The summed E-state index contributed by atoms with van der Waals surface area (Å²) >= 11 is 1.38. The highest BCUT2D eigenvalue weighted by Gasteiger charge is 2.16. The summed E-state index contributed by atoms with van der Waals surface area (Å²) in [6, 6.07) is 11.3. The summed E-state index contributed by atoms with van der Waals surface area (Å²) in [7, 11) is 1.33. The molecule has 27 heavy (non-hydrogen) atoms. The van der Waals surface area contributed by atoms with Gasteiger partial charge in [0.25, 0.3) is 0 Å². The van der Waals surface area contributed by atoms with Crippen molar-refractivity contribution < 1.29 is 14.3 Å².